The Morgan fingerprint density at radius 3 is 3.00 bits per heavy atom. The van der Waals surface area contributed by atoms with E-state index in [-0.39, 0.29) is 24.1 Å². The summed E-state index contributed by atoms with van der Waals surface area (Å²) in [5.74, 6) is -0.522. The molecule has 0 spiro atoms. The molecule has 0 aromatic heterocycles. The van der Waals surface area contributed by atoms with Gasteiger partial charge in [0.15, 0.2) is 17.3 Å². The molecule has 1 atom stereocenters. The van der Waals surface area contributed by atoms with Crippen LogP contribution in [0, 0.1) is 11.7 Å². The molecule has 1 N–H and O–H groups in total. The number of carbonyl (C=O) groups is 1. The highest BCUT2D eigenvalue weighted by Gasteiger charge is 2.26. The molecule has 0 saturated carbocycles. The van der Waals surface area contributed by atoms with Crippen LogP contribution in [0.5, 0.6) is 5.75 Å². The van der Waals surface area contributed by atoms with Crippen LogP contribution in [0.4, 0.5) is 4.39 Å². The van der Waals surface area contributed by atoms with Crippen molar-refractivity contribution in [2.75, 3.05) is 33.4 Å². The SMILES string of the molecule is COc1ccc(C(=O)C2CCCN(CCO)C2)cc1F. The number of hydrogen-bond donors (Lipinski definition) is 1. The number of benzene rings is 1. The third kappa shape index (κ3) is 3.35. The maximum absolute atomic E-state index is 13.7. The van der Waals surface area contributed by atoms with Crippen LogP contribution in [0.1, 0.15) is 23.2 Å². The summed E-state index contributed by atoms with van der Waals surface area (Å²) in [5.41, 5.74) is 0.388. The van der Waals surface area contributed by atoms with E-state index in [0.717, 1.165) is 19.4 Å². The standard InChI is InChI=1S/C15H20FNO3/c1-20-14-5-4-11(9-13(14)16)15(19)12-3-2-6-17(10-12)7-8-18/h4-5,9,12,18H,2-3,6-8,10H2,1H3. The van der Waals surface area contributed by atoms with Crippen molar-refractivity contribution in [3.05, 3.63) is 29.6 Å². The van der Waals surface area contributed by atoms with Crippen LogP contribution in [0.2, 0.25) is 0 Å². The second kappa shape index (κ2) is 6.81. The lowest BCUT2D eigenvalue weighted by molar-refractivity contribution is 0.0793. The molecule has 0 radical (unpaired) electrons. The van der Waals surface area contributed by atoms with E-state index >= 15 is 0 Å². The van der Waals surface area contributed by atoms with Crippen LogP contribution < -0.4 is 4.74 Å². The minimum absolute atomic E-state index is 0.0332. The molecule has 1 aliphatic rings. The van der Waals surface area contributed by atoms with Gasteiger partial charge in [0.25, 0.3) is 0 Å². The van der Waals surface area contributed by atoms with Crippen LogP contribution >= 0.6 is 0 Å². The normalized spacial score (nSPS) is 19.9. The van der Waals surface area contributed by atoms with Gasteiger partial charge in [-0.25, -0.2) is 4.39 Å². The fourth-order valence-corrected chi connectivity index (χ4v) is 2.67. The zero-order valence-electron chi connectivity index (χ0n) is 11.6. The molecule has 1 unspecified atom stereocenters. The van der Waals surface area contributed by atoms with Gasteiger partial charge in [0.05, 0.1) is 13.7 Å². The molecule has 1 aromatic carbocycles. The van der Waals surface area contributed by atoms with Crippen LogP contribution in [0.15, 0.2) is 18.2 Å². The molecule has 0 aliphatic carbocycles. The van der Waals surface area contributed by atoms with Crippen molar-refractivity contribution in [2.45, 2.75) is 12.8 Å². The van der Waals surface area contributed by atoms with Gasteiger partial charge < -0.3 is 14.7 Å². The molecule has 5 heteroatoms. The van der Waals surface area contributed by atoms with Crippen LogP contribution in [-0.2, 0) is 0 Å². The lowest BCUT2D eigenvalue weighted by Crippen LogP contribution is -2.40. The number of piperidine rings is 1. The Balaban J connectivity index is 2.08. The molecule has 20 heavy (non-hydrogen) atoms. The first-order valence-electron chi connectivity index (χ1n) is 6.86. The van der Waals surface area contributed by atoms with Gasteiger partial charge in [-0.3, -0.25) is 4.79 Å². The van der Waals surface area contributed by atoms with Gasteiger partial charge in [0.1, 0.15) is 0 Å². The third-order valence-corrected chi connectivity index (χ3v) is 3.73. The Kier molecular flexibility index (Phi) is 5.09. The van der Waals surface area contributed by atoms with E-state index in [1.165, 1.54) is 19.2 Å². The number of methoxy groups -OCH3 is 1. The third-order valence-electron chi connectivity index (χ3n) is 3.73. The van der Waals surface area contributed by atoms with Crippen molar-refractivity contribution in [3.8, 4) is 5.75 Å². The topological polar surface area (TPSA) is 49.8 Å². The van der Waals surface area contributed by atoms with E-state index < -0.39 is 5.82 Å². The number of aliphatic hydroxyl groups is 1. The van der Waals surface area contributed by atoms with Gasteiger partial charge >= 0.3 is 0 Å². The quantitative estimate of drug-likeness (QED) is 0.835. The summed E-state index contributed by atoms with van der Waals surface area (Å²) >= 11 is 0. The molecule has 1 aliphatic heterocycles. The number of hydrogen-bond acceptors (Lipinski definition) is 4. The number of β-amino-alcohol motifs (C(OH)–C–C–N with tert-alkyl or cyclic N) is 1. The molecule has 1 saturated heterocycles. The average molecular weight is 281 g/mol. The Morgan fingerprint density at radius 1 is 1.55 bits per heavy atom. The number of rotatable bonds is 5. The number of likely N-dealkylation sites (tertiary alicyclic amines) is 1. The number of nitrogens with zero attached hydrogens (tertiary/aromatic N) is 1. The summed E-state index contributed by atoms with van der Waals surface area (Å²) in [5, 5.41) is 8.96. The summed E-state index contributed by atoms with van der Waals surface area (Å²) in [6.45, 7) is 2.22. The highest BCUT2D eigenvalue weighted by molar-refractivity contribution is 5.98. The maximum Gasteiger partial charge on any atom is 0.167 e. The smallest absolute Gasteiger partial charge is 0.167 e. The van der Waals surface area contributed by atoms with E-state index in [0.29, 0.717) is 18.7 Å². The zero-order valence-corrected chi connectivity index (χ0v) is 11.6. The van der Waals surface area contributed by atoms with E-state index in [9.17, 15) is 9.18 Å². The summed E-state index contributed by atoms with van der Waals surface area (Å²) in [6.07, 6.45) is 1.74. The lowest BCUT2D eigenvalue weighted by Gasteiger charge is -2.31. The highest BCUT2D eigenvalue weighted by Crippen LogP contribution is 2.24. The lowest BCUT2D eigenvalue weighted by atomic mass is 9.90. The van der Waals surface area contributed by atoms with Crippen molar-refractivity contribution >= 4 is 5.78 Å². The molecule has 110 valence electrons. The molecule has 2 rings (SSSR count). The predicted octanol–water partition coefficient (Wildman–Crippen LogP) is 1.72. The van der Waals surface area contributed by atoms with Crippen molar-refractivity contribution < 1.29 is 19.0 Å². The van der Waals surface area contributed by atoms with E-state index in [1.54, 1.807) is 6.07 Å². The molecule has 1 aromatic rings. The van der Waals surface area contributed by atoms with Crippen molar-refractivity contribution in [1.82, 2.24) is 4.90 Å². The molecule has 1 heterocycles. The average Bonchev–Trinajstić information content (AvgIpc) is 2.47. The first kappa shape index (κ1) is 14.9. The number of Topliss-reactive ketones (excluding diaryl/α,β-unsaturated/α-hetero) is 1. The molecule has 4 nitrogen and oxygen atoms in total. The first-order chi connectivity index (χ1) is 9.65. The highest BCUT2D eigenvalue weighted by atomic mass is 19.1. The minimum Gasteiger partial charge on any atom is -0.494 e. The van der Waals surface area contributed by atoms with Gasteiger partial charge in [0, 0.05) is 24.6 Å². The van der Waals surface area contributed by atoms with Crippen LogP contribution in [-0.4, -0.2) is 49.1 Å². The van der Waals surface area contributed by atoms with Crippen molar-refractivity contribution in [3.63, 3.8) is 0 Å². The Labute approximate surface area is 118 Å². The first-order valence-corrected chi connectivity index (χ1v) is 6.86. The fourth-order valence-electron chi connectivity index (χ4n) is 2.67. The summed E-state index contributed by atoms with van der Waals surface area (Å²) < 4.78 is 18.5. The fraction of sp³-hybridized carbons (Fsp3) is 0.533. The minimum atomic E-state index is -0.513. The van der Waals surface area contributed by atoms with Crippen LogP contribution in [0.25, 0.3) is 0 Å². The summed E-state index contributed by atoms with van der Waals surface area (Å²) in [4.78, 5) is 14.5. The number of halogens is 1. The molecule has 0 bridgehead atoms. The van der Waals surface area contributed by atoms with Gasteiger partial charge in [-0.05, 0) is 37.6 Å². The van der Waals surface area contributed by atoms with E-state index in [1.807, 2.05) is 0 Å². The number of carbonyl (C=O) groups excluding carboxylic acids is 1. The largest absolute Gasteiger partial charge is 0.494 e. The Hall–Kier alpha value is -1.46. The Bertz CT molecular complexity index is 476. The number of ketones is 1. The van der Waals surface area contributed by atoms with E-state index in [4.69, 9.17) is 9.84 Å². The number of ether oxygens (including phenoxy) is 1. The Morgan fingerprint density at radius 2 is 2.35 bits per heavy atom. The second-order valence-corrected chi connectivity index (χ2v) is 5.08. The summed E-state index contributed by atoms with van der Waals surface area (Å²) in [7, 11) is 1.40. The van der Waals surface area contributed by atoms with Crippen molar-refractivity contribution in [1.29, 1.82) is 0 Å². The maximum atomic E-state index is 13.7. The molecule has 0 amide bonds. The van der Waals surface area contributed by atoms with Crippen molar-refractivity contribution in [2.24, 2.45) is 5.92 Å². The van der Waals surface area contributed by atoms with Gasteiger partial charge in [0.2, 0.25) is 0 Å². The molecular weight excluding hydrogens is 261 g/mol. The van der Waals surface area contributed by atoms with Gasteiger partial charge in [-0.2, -0.15) is 0 Å². The monoisotopic (exact) mass is 281 g/mol. The number of aliphatic hydroxyl groups excluding tert-OH is 1. The van der Waals surface area contributed by atoms with E-state index in [2.05, 4.69) is 4.90 Å². The van der Waals surface area contributed by atoms with Gasteiger partial charge in [-0.1, -0.05) is 0 Å². The predicted molar refractivity (Wildman–Crippen MR) is 73.5 cm³/mol. The molecule has 1 fully saturated rings. The summed E-state index contributed by atoms with van der Waals surface area (Å²) in [6, 6.07) is 4.33. The zero-order chi connectivity index (χ0) is 14.5. The van der Waals surface area contributed by atoms with Crippen LogP contribution in [0.3, 0.4) is 0 Å². The van der Waals surface area contributed by atoms with Gasteiger partial charge in [-0.15, -0.1) is 0 Å². The second-order valence-electron chi connectivity index (χ2n) is 5.08. The molecular formula is C15H20FNO3.